The minimum Gasteiger partial charge on any atom is -0.493 e. The molecule has 0 atom stereocenters. The summed E-state index contributed by atoms with van der Waals surface area (Å²) >= 11 is 0. The zero-order valence-electron chi connectivity index (χ0n) is 11.3. The number of hydrogen-bond acceptors (Lipinski definition) is 6. The van der Waals surface area contributed by atoms with Gasteiger partial charge in [0.2, 0.25) is 5.75 Å². The normalized spacial score (nSPS) is 10.2. The molecule has 0 aliphatic carbocycles. The molecule has 0 saturated heterocycles. The number of aromatic nitrogens is 3. The van der Waals surface area contributed by atoms with E-state index < -0.39 is 5.91 Å². The Morgan fingerprint density at radius 1 is 1.10 bits per heavy atom. The van der Waals surface area contributed by atoms with Crippen LogP contribution in [0, 0.1) is 0 Å². The third-order valence-corrected chi connectivity index (χ3v) is 2.74. The fourth-order valence-corrected chi connectivity index (χ4v) is 1.88. The van der Waals surface area contributed by atoms with Crippen LogP contribution in [-0.4, -0.2) is 42.6 Å². The van der Waals surface area contributed by atoms with E-state index in [2.05, 4.69) is 15.4 Å². The lowest BCUT2D eigenvalue weighted by atomic mass is 10.1. The van der Waals surface area contributed by atoms with E-state index in [1.165, 1.54) is 21.3 Å². The van der Waals surface area contributed by atoms with Gasteiger partial charge in [-0.1, -0.05) is 0 Å². The Morgan fingerprint density at radius 3 is 2.35 bits per heavy atom. The Kier molecular flexibility index (Phi) is 3.74. The largest absolute Gasteiger partial charge is 0.493 e. The van der Waals surface area contributed by atoms with Crippen molar-refractivity contribution < 1.29 is 19.0 Å². The molecule has 20 heavy (non-hydrogen) atoms. The molecule has 0 bridgehead atoms. The van der Waals surface area contributed by atoms with Gasteiger partial charge in [0.15, 0.2) is 17.2 Å². The van der Waals surface area contributed by atoms with Gasteiger partial charge >= 0.3 is 0 Å². The molecule has 106 valence electrons. The molecule has 2 rings (SSSR count). The number of ether oxygens (including phenoxy) is 3. The van der Waals surface area contributed by atoms with Crippen molar-refractivity contribution in [2.45, 2.75) is 0 Å². The summed E-state index contributed by atoms with van der Waals surface area (Å²) in [5, 5.41) is 10.0. The van der Waals surface area contributed by atoms with E-state index in [-0.39, 0.29) is 11.4 Å². The van der Waals surface area contributed by atoms with Crippen molar-refractivity contribution in [3.63, 3.8) is 0 Å². The lowest BCUT2D eigenvalue weighted by Gasteiger charge is -2.14. The van der Waals surface area contributed by atoms with Crippen LogP contribution in [0.25, 0.3) is 11.3 Å². The van der Waals surface area contributed by atoms with Gasteiger partial charge in [-0.2, -0.15) is 15.4 Å². The summed E-state index contributed by atoms with van der Waals surface area (Å²) in [5.74, 6) is 0.581. The van der Waals surface area contributed by atoms with Crippen LogP contribution in [0.1, 0.15) is 10.5 Å². The van der Waals surface area contributed by atoms with E-state index >= 15 is 0 Å². The Bertz CT molecular complexity index is 638. The van der Waals surface area contributed by atoms with E-state index in [0.29, 0.717) is 22.8 Å². The molecule has 8 heteroatoms. The van der Waals surface area contributed by atoms with Crippen LogP contribution in [0.15, 0.2) is 12.1 Å². The van der Waals surface area contributed by atoms with Crippen LogP contribution in [0.5, 0.6) is 17.2 Å². The molecule has 0 radical (unpaired) electrons. The van der Waals surface area contributed by atoms with E-state index in [1.807, 2.05) is 0 Å². The number of methoxy groups -OCH3 is 3. The van der Waals surface area contributed by atoms with E-state index in [1.54, 1.807) is 12.1 Å². The summed E-state index contributed by atoms with van der Waals surface area (Å²) in [6, 6.07) is 3.36. The van der Waals surface area contributed by atoms with E-state index in [4.69, 9.17) is 19.9 Å². The molecule has 0 spiro atoms. The third-order valence-electron chi connectivity index (χ3n) is 2.74. The SMILES string of the molecule is COc1ccc(-c2n[nH]nc2C(N)=O)c(OC)c1OC. The van der Waals surface area contributed by atoms with Gasteiger partial charge in [-0.25, -0.2) is 0 Å². The lowest BCUT2D eigenvalue weighted by molar-refractivity contribution is 0.0996. The number of carbonyl (C=O) groups excluding carboxylic acids is 1. The number of H-pyrrole nitrogens is 1. The smallest absolute Gasteiger partial charge is 0.271 e. The number of benzene rings is 1. The van der Waals surface area contributed by atoms with Crippen LogP contribution in [0.2, 0.25) is 0 Å². The van der Waals surface area contributed by atoms with Gasteiger partial charge in [0.25, 0.3) is 5.91 Å². The molecule has 0 saturated carbocycles. The summed E-state index contributed by atoms with van der Waals surface area (Å²) < 4.78 is 15.8. The first-order valence-electron chi connectivity index (χ1n) is 5.64. The molecule has 1 aromatic heterocycles. The standard InChI is InChI=1S/C12H14N4O4/c1-18-7-5-4-6(10(19-2)11(7)20-3)8-9(12(13)17)15-16-14-8/h4-5H,1-3H3,(H2,13,17)(H,14,15,16). The van der Waals surface area contributed by atoms with Gasteiger partial charge < -0.3 is 19.9 Å². The highest BCUT2D eigenvalue weighted by Gasteiger charge is 2.23. The topological polar surface area (TPSA) is 112 Å². The number of nitrogens with one attached hydrogen (secondary N) is 1. The zero-order valence-corrected chi connectivity index (χ0v) is 11.3. The maximum atomic E-state index is 11.3. The van der Waals surface area contributed by atoms with Gasteiger partial charge in [0, 0.05) is 0 Å². The molecule has 0 aliphatic rings. The summed E-state index contributed by atoms with van der Waals surface area (Å²) in [4.78, 5) is 11.3. The van der Waals surface area contributed by atoms with E-state index in [0.717, 1.165) is 0 Å². The van der Waals surface area contributed by atoms with Gasteiger partial charge in [-0.05, 0) is 12.1 Å². The fraction of sp³-hybridized carbons (Fsp3) is 0.250. The Hall–Kier alpha value is -2.77. The van der Waals surface area contributed by atoms with Crippen molar-refractivity contribution in [2.75, 3.05) is 21.3 Å². The fourth-order valence-electron chi connectivity index (χ4n) is 1.88. The number of amides is 1. The number of rotatable bonds is 5. The number of aromatic amines is 1. The second kappa shape index (κ2) is 5.47. The molecular formula is C12H14N4O4. The molecule has 1 amide bonds. The van der Waals surface area contributed by atoms with Crippen molar-refractivity contribution in [1.29, 1.82) is 0 Å². The van der Waals surface area contributed by atoms with Gasteiger partial charge in [-0.15, -0.1) is 0 Å². The van der Waals surface area contributed by atoms with Crippen LogP contribution >= 0.6 is 0 Å². The molecule has 1 heterocycles. The van der Waals surface area contributed by atoms with Crippen molar-refractivity contribution >= 4 is 5.91 Å². The van der Waals surface area contributed by atoms with E-state index in [9.17, 15) is 4.79 Å². The summed E-state index contributed by atoms with van der Waals surface area (Å²) in [6.07, 6.45) is 0. The van der Waals surface area contributed by atoms with Crippen LogP contribution < -0.4 is 19.9 Å². The van der Waals surface area contributed by atoms with Crippen molar-refractivity contribution in [2.24, 2.45) is 5.73 Å². The first-order valence-corrected chi connectivity index (χ1v) is 5.64. The van der Waals surface area contributed by atoms with Crippen molar-refractivity contribution in [1.82, 2.24) is 15.4 Å². The summed E-state index contributed by atoms with van der Waals surface area (Å²) in [6.45, 7) is 0. The second-order valence-electron chi connectivity index (χ2n) is 3.77. The highest BCUT2D eigenvalue weighted by molar-refractivity contribution is 5.97. The van der Waals surface area contributed by atoms with Crippen molar-refractivity contribution in [3.05, 3.63) is 17.8 Å². The molecule has 3 N–H and O–H groups in total. The molecule has 0 fully saturated rings. The number of nitrogens with zero attached hydrogens (tertiary/aromatic N) is 2. The van der Waals surface area contributed by atoms with Gasteiger partial charge in [0.05, 0.1) is 26.9 Å². The Balaban J connectivity index is 2.68. The first-order chi connectivity index (χ1) is 9.63. The quantitative estimate of drug-likeness (QED) is 0.828. The lowest BCUT2D eigenvalue weighted by Crippen LogP contribution is -2.13. The Morgan fingerprint density at radius 2 is 1.80 bits per heavy atom. The second-order valence-corrected chi connectivity index (χ2v) is 3.77. The van der Waals surface area contributed by atoms with Crippen molar-refractivity contribution in [3.8, 4) is 28.5 Å². The van der Waals surface area contributed by atoms with Gasteiger partial charge in [-0.3, -0.25) is 4.79 Å². The summed E-state index contributed by atoms with van der Waals surface area (Å²) in [5.41, 5.74) is 6.09. The number of nitrogens with two attached hydrogens (primary N) is 1. The minimum atomic E-state index is -0.689. The summed E-state index contributed by atoms with van der Waals surface area (Å²) in [7, 11) is 4.48. The van der Waals surface area contributed by atoms with Crippen LogP contribution in [0.4, 0.5) is 0 Å². The highest BCUT2D eigenvalue weighted by atomic mass is 16.5. The molecule has 8 nitrogen and oxygen atoms in total. The minimum absolute atomic E-state index is 0.0236. The number of hydrogen-bond donors (Lipinski definition) is 2. The predicted octanol–water partition coefficient (Wildman–Crippen LogP) is 0.596. The van der Waals surface area contributed by atoms with Gasteiger partial charge in [0.1, 0.15) is 5.69 Å². The maximum Gasteiger partial charge on any atom is 0.271 e. The highest BCUT2D eigenvalue weighted by Crippen LogP contribution is 2.44. The average molecular weight is 278 g/mol. The zero-order chi connectivity index (χ0) is 14.7. The Labute approximate surface area is 114 Å². The molecule has 2 aromatic rings. The third kappa shape index (κ3) is 2.11. The predicted molar refractivity (Wildman–Crippen MR) is 70.0 cm³/mol. The first kappa shape index (κ1) is 13.7. The van der Waals surface area contributed by atoms with Crippen LogP contribution in [0.3, 0.4) is 0 Å². The monoisotopic (exact) mass is 278 g/mol. The van der Waals surface area contributed by atoms with Crippen LogP contribution in [-0.2, 0) is 0 Å². The molecule has 0 aliphatic heterocycles. The average Bonchev–Trinajstić information content (AvgIpc) is 2.94. The number of primary amides is 1. The molecule has 0 unspecified atom stereocenters. The molecular weight excluding hydrogens is 264 g/mol. The molecule has 1 aromatic carbocycles. The maximum absolute atomic E-state index is 11.3. The number of carbonyl (C=O) groups is 1.